The van der Waals surface area contributed by atoms with Gasteiger partial charge in [0.15, 0.2) is 16.6 Å². The Morgan fingerprint density at radius 2 is 1.86 bits per heavy atom. The number of thiazole rings is 1. The Labute approximate surface area is 213 Å². The minimum absolute atomic E-state index is 0.282. The number of morpholine rings is 1. The Hall–Kier alpha value is -3.09. The highest BCUT2D eigenvalue weighted by Gasteiger charge is 2.25. The molecule has 36 heavy (non-hydrogen) atoms. The van der Waals surface area contributed by atoms with Gasteiger partial charge in [-0.1, -0.05) is 11.3 Å². The van der Waals surface area contributed by atoms with Gasteiger partial charge in [-0.25, -0.2) is 15.0 Å². The van der Waals surface area contributed by atoms with Crippen LogP contribution < -0.4 is 20.0 Å². The highest BCUT2D eigenvalue weighted by molar-refractivity contribution is 7.22. The Balaban J connectivity index is 1.30. The molecule has 3 aliphatic rings. The predicted octanol–water partition coefficient (Wildman–Crippen LogP) is 2.13. The van der Waals surface area contributed by atoms with Crippen LogP contribution in [0.1, 0.15) is 36.2 Å². The standard InChI is InChI=1S/C24H30N8O3S/c33-16-5-9-32(15-16)23-25-6-4-17(27-23)22(34)26-18-14-19-20(28-21(18)30-7-2-1-3-8-30)29-24(36-19)31-10-12-35-13-11-31/h4,6,14,16,33H,1-3,5,7-13,15H2,(H,26,34)/t16-/m0/s1. The van der Waals surface area contributed by atoms with E-state index in [1.807, 2.05) is 11.0 Å². The number of hydrogen-bond acceptors (Lipinski definition) is 11. The molecule has 0 aliphatic carbocycles. The molecule has 3 saturated heterocycles. The van der Waals surface area contributed by atoms with E-state index in [0.29, 0.717) is 50.0 Å². The first kappa shape index (κ1) is 23.3. The molecule has 0 spiro atoms. The monoisotopic (exact) mass is 510 g/mol. The van der Waals surface area contributed by atoms with Crippen LogP contribution in [0.5, 0.6) is 0 Å². The summed E-state index contributed by atoms with van der Waals surface area (Å²) < 4.78 is 6.42. The molecular weight excluding hydrogens is 480 g/mol. The van der Waals surface area contributed by atoms with E-state index in [1.165, 1.54) is 6.42 Å². The Morgan fingerprint density at radius 3 is 2.64 bits per heavy atom. The fraction of sp³-hybridized carbons (Fsp3) is 0.542. The zero-order valence-corrected chi connectivity index (χ0v) is 20.9. The summed E-state index contributed by atoms with van der Waals surface area (Å²) in [4.78, 5) is 38.2. The number of aliphatic hydroxyl groups excluding tert-OH is 1. The van der Waals surface area contributed by atoms with Crippen molar-refractivity contribution in [1.29, 1.82) is 0 Å². The van der Waals surface area contributed by atoms with Gasteiger partial charge in [0.25, 0.3) is 5.91 Å². The number of amides is 1. The lowest BCUT2D eigenvalue weighted by molar-refractivity contribution is 0.102. The molecule has 12 heteroatoms. The second-order valence-electron chi connectivity index (χ2n) is 9.41. The number of fused-ring (bicyclic) bond motifs is 1. The van der Waals surface area contributed by atoms with Crippen molar-refractivity contribution in [3.05, 3.63) is 24.0 Å². The number of pyridine rings is 1. The summed E-state index contributed by atoms with van der Waals surface area (Å²) in [6, 6.07) is 3.60. The van der Waals surface area contributed by atoms with Crippen molar-refractivity contribution in [2.24, 2.45) is 0 Å². The molecule has 3 fully saturated rings. The van der Waals surface area contributed by atoms with Gasteiger partial charge < -0.3 is 29.9 Å². The molecule has 190 valence electrons. The maximum Gasteiger partial charge on any atom is 0.274 e. The maximum absolute atomic E-state index is 13.3. The number of ether oxygens (including phenoxy) is 1. The number of β-amino-alcohol motifs (C(OH)–C–C–N with tert-alkyl or cyclic N) is 1. The summed E-state index contributed by atoms with van der Waals surface area (Å²) in [5.74, 6) is 0.906. The molecule has 0 radical (unpaired) electrons. The van der Waals surface area contributed by atoms with Gasteiger partial charge in [0.2, 0.25) is 5.95 Å². The van der Waals surface area contributed by atoms with Crippen LogP contribution in [0.15, 0.2) is 18.3 Å². The number of carbonyl (C=O) groups excluding carboxylic acids is 1. The summed E-state index contributed by atoms with van der Waals surface area (Å²) in [7, 11) is 0. The fourth-order valence-corrected chi connectivity index (χ4v) is 5.91. The molecule has 0 aromatic carbocycles. The van der Waals surface area contributed by atoms with Gasteiger partial charge in [0.05, 0.1) is 29.7 Å². The van der Waals surface area contributed by atoms with Gasteiger partial charge >= 0.3 is 0 Å². The van der Waals surface area contributed by atoms with Gasteiger partial charge in [-0.2, -0.15) is 4.98 Å². The topological polar surface area (TPSA) is 120 Å². The molecule has 1 amide bonds. The molecule has 0 unspecified atom stereocenters. The van der Waals surface area contributed by atoms with E-state index >= 15 is 0 Å². The number of anilines is 4. The zero-order chi connectivity index (χ0) is 24.5. The van der Waals surface area contributed by atoms with Crippen LogP contribution in [0, 0.1) is 0 Å². The average molecular weight is 511 g/mol. The lowest BCUT2D eigenvalue weighted by Gasteiger charge is -2.29. The number of hydrogen-bond donors (Lipinski definition) is 2. The molecule has 3 aromatic rings. The summed E-state index contributed by atoms with van der Waals surface area (Å²) in [6.07, 6.45) is 5.27. The molecule has 0 saturated carbocycles. The molecule has 3 aliphatic heterocycles. The Bertz CT molecular complexity index is 1240. The number of piperidine rings is 1. The first-order chi connectivity index (χ1) is 17.6. The molecule has 1 atom stereocenters. The molecule has 11 nitrogen and oxygen atoms in total. The molecule has 6 rings (SSSR count). The lowest BCUT2D eigenvalue weighted by atomic mass is 10.1. The largest absolute Gasteiger partial charge is 0.391 e. The van der Waals surface area contributed by atoms with Crippen molar-refractivity contribution >= 4 is 50.2 Å². The summed E-state index contributed by atoms with van der Waals surface area (Å²) in [5.41, 5.74) is 1.66. The normalized spacial score (nSPS) is 20.8. The fourth-order valence-electron chi connectivity index (χ4n) is 4.91. The van der Waals surface area contributed by atoms with Crippen LogP contribution >= 0.6 is 11.3 Å². The van der Waals surface area contributed by atoms with Crippen LogP contribution in [-0.4, -0.2) is 89.5 Å². The van der Waals surface area contributed by atoms with Crippen molar-refractivity contribution in [3.63, 3.8) is 0 Å². The van der Waals surface area contributed by atoms with E-state index < -0.39 is 6.10 Å². The second-order valence-corrected chi connectivity index (χ2v) is 10.4. The van der Waals surface area contributed by atoms with Crippen molar-refractivity contribution in [2.45, 2.75) is 31.8 Å². The summed E-state index contributed by atoms with van der Waals surface area (Å²) in [6.45, 7) is 5.96. The van der Waals surface area contributed by atoms with Crippen molar-refractivity contribution < 1.29 is 14.6 Å². The molecule has 0 bridgehead atoms. The van der Waals surface area contributed by atoms with E-state index in [2.05, 4.69) is 25.1 Å². The first-order valence-electron chi connectivity index (χ1n) is 12.6. The summed E-state index contributed by atoms with van der Waals surface area (Å²) in [5, 5.41) is 13.9. The van der Waals surface area contributed by atoms with Crippen LogP contribution in [0.4, 0.5) is 22.6 Å². The van der Waals surface area contributed by atoms with E-state index in [-0.39, 0.29) is 11.6 Å². The third-order valence-electron chi connectivity index (χ3n) is 6.86. The van der Waals surface area contributed by atoms with Gasteiger partial charge in [-0.3, -0.25) is 4.79 Å². The Morgan fingerprint density at radius 1 is 1.03 bits per heavy atom. The third-order valence-corrected chi connectivity index (χ3v) is 7.91. The van der Waals surface area contributed by atoms with Crippen molar-refractivity contribution in [3.8, 4) is 0 Å². The van der Waals surface area contributed by atoms with Crippen LogP contribution in [0.3, 0.4) is 0 Å². The quantitative estimate of drug-likeness (QED) is 0.528. The van der Waals surface area contributed by atoms with Gasteiger partial charge in [-0.15, -0.1) is 0 Å². The zero-order valence-electron chi connectivity index (χ0n) is 20.1. The number of aromatic nitrogens is 4. The molecular formula is C24H30N8O3S. The van der Waals surface area contributed by atoms with E-state index in [0.717, 1.165) is 54.7 Å². The van der Waals surface area contributed by atoms with Gasteiger partial charge in [-0.05, 0) is 37.8 Å². The van der Waals surface area contributed by atoms with Gasteiger partial charge in [0, 0.05) is 45.5 Å². The Kier molecular flexibility index (Phi) is 6.55. The highest BCUT2D eigenvalue weighted by atomic mass is 32.1. The number of rotatable bonds is 5. The SMILES string of the molecule is O=C(Nc1cc2sc(N3CCOCC3)nc2nc1N1CCCCC1)c1ccnc(N2CC[C@H](O)C2)n1. The van der Waals surface area contributed by atoms with Crippen LogP contribution in [0.25, 0.3) is 10.3 Å². The maximum atomic E-state index is 13.3. The van der Waals surface area contributed by atoms with Crippen LogP contribution in [0.2, 0.25) is 0 Å². The number of nitrogens with one attached hydrogen (secondary N) is 1. The third kappa shape index (κ3) is 4.80. The number of aliphatic hydroxyl groups is 1. The van der Waals surface area contributed by atoms with Gasteiger partial charge in [0.1, 0.15) is 5.69 Å². The van der Waals surface area contributed by atoms with E-state index in [1.54, 1.807) is 23.6 Å². The first-order valence-corrected chi connectivity index (χ1v) is 13.4. The lowest BCUT2D eigenvalue weighted by Crippen LogP contribution is -2.36. The second kappa shape index (κ2) is 10.1. The number of nitrogens with zero attached hydrogens (tertiary/aromatic N) is 7. The van der Waals surface area contributed by atoms with Crippen LogP contribution in [-0.2, 0) is 4.74 Å². The van der Waals surface area contributed by atoms with E-state index in [9.17, 15) is 9.90 Å². The summed E-state index contributed by atoms with van der Waals surface area (Å²) >= 11 is 1.59. The van der Waals surface area contributed by atoms with Crippen molar-refractivity contribution in [2.75, 3.05) is 72.5 Å². The molecule has 6 heterocycles. The molecule has 3 aromatic heterocycles. The molecule has 2 N–H and O–H groups in total. The minimum Gasteiger partial charge on any atom is -0.391 e. The minimum atomic E-state index is -0.391. The van der Waals surface area contributed by atoms with Crippen molar-refractivity contribution in [1.82, 2.24) is 19.9 Å². The predicted molar refractivity (Wildman–Crippen MR) is 139 cm³/mol. The average Bonchev–Trinajstić information content (AvgIpc) is 3.55. The highest BCUT2D eigenvalue weighted by Crippen LogP contribution is 2.35. The smallest absolute Gasteiger partial charge is 0.274 e. The van der Waals surface area contributed by atoms with E-state index in [4.69, 9.17) is 14.7 Å². The number of carbonyl (C=O) groups is 1.